The van der Waals surface area contributed by atoms with Gasteiger partial charge in [-0.25, -0.2) is 4.79 Å². The molecule has 4 aliphatic carbocycles. The van der Waals surface area contributed by atoms with Crippen LogP contribution in [0.3, 0.4) is 0 Å². The maximum absolute atomic E-state index is 13.0. The van der Waals surface area contributed by atoms with Crippen molar-refractivity contribution in [2.75, 3.05) is 12.4 Å². The second-order valence-electron chi connectivity index (χ2n) is 9.25. The zero-order chi connectivity index (χ0) is 21.9. The highest BCUT2D eigenvalue weighted by atomic mass is 32.1. The molecule has 4 saturated carbocycles. The highest BCUT2D eigenvalue weighted by Gasteiger charge is 2.53. The number of nitro groups is 1. The van der Waals surface area contributed by atoms with E-state index in [1.165, 1.54) is 43.9 Å². The molecule has 1 N–H and O–H groups in total. The van der Waals surface area contributed by atoms with E-state index >= 15 is 0 Å². The van der Waals surface area contributed by atoms with E-state index in [4.69, 9.17) is 4.74 Å². The first-order valence-corrected chi connectivity index (χ1v) is 11.3. The van der Waals surface area contributed by atoms with E-state index in [1.807, 2.05) is 0 Å². The molecule has 4 bridgehead atoms. The molecule has 2 aromatic heterocycles. The number of esters is 1. The van der Waals surface area contributed by atoms with Crippen molar-refractivity contribution in [2.45, 2.75) is 51.0 Å². The second kappa shape index (κ2) is 7.15. The number of rotatable bonds is 5. The molecule has 2 heterocycles. The Balaban J connectivity index is 1.48. The van der Waals surface area contributed by atoms with Crippen LogP contribution in [-0.4, -0.2) is 33.7 Å². The molecule has 0 radical (unpaired) electrons. The molecule has 0 atom stereocenters. The molecule has 9 nitrogen and oxygen atoms in total. The molecule has 0 aliphatic heterocycles. The smallest absolute Gasteiger partial charge is 0.340 e. The van der Waals surface area contributed by atoms with Crippen molar-refractivity contribution in [2.24, 2.45) is 17.8 Å². The summed E-state index contributed by atoms with van der Waals surface area (Å²) < 4.78 is 6.48. The lowest BCUT2D eigenvalue weighted by atomic mass is 9.53. The van der Waals surface area contributed by atoms with E-state index in [-0.39, 0.29) is 22.5 Å². The van der Waals surface area contributed by atoms with Crippen molar-refractivity contribution in [3.05, 3.63) is 38.5 Å². The Labute approximate surface area is 182 Å². The molecule has 0 aromatic carbocycles. The summed E-state index contributed by atoms with van der Waals surface area (Å²) >= 11 is 1.21. The third-order valence-corrected chi connectivity index (χ3v) is 8.05. The van der Waals surface area contributed by atoms with E-state index in [9.17, 15) is 19.7 Å². The predicted molar refractivity (Wildman–Crippen MR) is 113 cm³/mol. The summed E-state index contributed by atoms with van der Waals surface area (Å²) in [7, 11) is 1.26. The average molecular weight is 445 g/mol. The number of nitrogens with one attached hydrogen (secondary N) is 1. The van der Waals surface area contributed by atoms with E-state index in [0.717, 1.165) is 24.1 Å². The summed E-state index contributed by atoms with van der Waals surface area (Å²) in [6.45, 7) is 1.80. The largest absolute Gasteiger partial charge is 0.465 e. The Morgan fingerprint density at radius 1 is 1.26 bits per heavy atom. The summed E-state index contributed by atoms with van der Waals surface area (Å²) in [5.41, 5.74) is -0.528. The Kier molecular flexibility index (Phi) is 4.65. The third-order valence-electron chi connectivity index (χ3n) is 7.09. The lowest BCUT2D eigenvalue weighted by molar-refractivity contribution is -0.385. The van der Waals surface area contributed by atoms with Crippen LogP contribution < -0.4 is 5.32 Å². The van der Waals surface area contributed by atoms with Gasteiger partial charge in [-0.15, -0.1) is 11.3 Å². The summed E-state index contributed by atoms with van der Waals surface area (Å²) in [5, 5.41) is 19.2. The van der Waals surface area contributed by atoms with Crippen molar-refractivity contribution in [3.63, 3.8) is 0 Å². The average Bonchev–Trinajstić information content (AvgIpc) is 3.31. The maximum Gasteiger partial charge on any atom is 0.340 e. The lowest BCUT2D eigenvalue weighted by Gasteiger charge is -2.56. The number of carbonyl (C=O) groups is 2. The van der Waals surface area contributed by atoms with E-state index in [2.05, 4.69) is 10.4 Å². The summed E-state index contributed by atoms with van der Waals surface area (Å²) in [4.78, 5) is 37.0. The molecular weight excluding hydrogens is 420 g/mol. The van der Waals surface area contributed by atoms with Gasteiger partial charge in [0.2, 0.25) is 5.69 Å². The fourth-order valence-corrected chi connectivity index (χ4v) is 7.17. The van der Waals surface area contributed by atoms with Crippen molar-refractivity contribution in [3.8, 4) is 0 Å². The number of aryl methyl sites for hydroxylation is 1. The maximum atomic E-state index is 13.0. The van der Waals surface area contributed by atoms with Crippen LogP contribution in [0.5, 0.6) is 0 Å². The zero-order valence-corrected chi connectivity index (χ0v) is 18.2. The number of aromatic nitrogens is 2. The standard InChI is InChI=1S/C21H24N4O5S/c1-11-3-15(20(27)30-2)19(31-11)22-18(26)17-16(25(28)29)10-24(23-17)21-7-12-4-13(8-21)6-14(5-12)9-21/h3,10,12-14H,4-9H2,1-2H3,(H,22,26). The minimum Gasteiger partial charge on any atom is -0.465 e. The minimum atomic E-state index is -0.692. The first kappa shape index (κ1) is 20.2. The second-order valence-corrected chi connectivity index (χ2v) is 10.5. The lowest BCUT2D eigenvalue weighted by Crippen LogP contribution is -2.52. The number of anilines is 1. The van der Waals surface area contributed by atoms with Crippen LogP contribution in [0, 0.1) is 34.8 Å². The Bertz CT molecular complexity index is 1050. The van der Waals surface area contributed by atoms with Crippen molar-refractivity contribution < 1.29 is 19.2 Å². The molecule has 0 saturated heterocycles. The van der Waals surface area contributed by atoms with Gasteiger partial charge in [0.15, 0.2) is 0 Å². The van der Waals surface area contributed by atoms with Gasteiger partial charge >= 0.3 is 11.7 Å². The summed E-state index contributed by atoms with van der Waals surface area (Å²) in [6, 6.07) is 1.62. The van der Waals surface area contributed by atoms with Crippen LogP contribution in [-0.2, 0) is 10.3 Å². The summed E-state index contributed by atoms with van der Waals surface area (Å²) in [5.74, 6) is 0.658. The van der Waals surface area contributed by atoms with E-state index in [1.54, 1.807) is 17.7 Å². The van der Waals surface area contributed by atoms with Gasteiger partial charge < -0.3 is 10.1 Å². The number of hydrogen-bond donors (Lipinski definition) is 1. The Morgan fingerprint density at radius 3 is 2.42 bits per heavy atom. The predicted octanol–water partition coefficient (Wildman–Crippen LogP) is 4.13. The van der Waals surface area contributed by atoms with Gasteiger partial charge in [0.05, 0.1) is 23.1 Å². The van der Waals surface area contributed by atoms with Crippen molar-refractivity contribution >= 4 is 33.9 Å². The summed E-state index contributed by atoms with van der Waals surface area (Å²) in [6.07, 6.45) is 8.06. The van der Waals surface area contributed by atoms with E-state index in [0.29, 0.717) is 22.8 Å². The fraction of sp³-hybridized carbons (Fsp3) is 0.571. The first-order chi connectivity index (χ1) is 14.8. The molecule has 1 amide bonds. The van der Waals surface area contributed by atoms with Crippen LogP contribution in [0.25, 0.3) is 0 Å². The topological polar surface area (TPSA) is 116 Å². The van der Waals surface area contributed by atoms with Gasteiger partial charge in [0.1, 0.15) is 11.2 Å². The van der Waals surface area contributed by atoms with E-state index < -0.39 is 16.8 Å². The van der Waals surface area contributed by atoms with Crippen molar-refractivity contribution in [1.29, 1.82) is 0 Å². The monoisotopic (exact) mass is 444 g/mol. The number of methoxy groups -OCH3 is 1. The normalized spacial score (nSPS) is 28.5. The van der Waals surface area contributed by atoms with Crippen LogP contribution in [0.15, 0.2) is 12.3 Å². The minimum absolute atomic E-state index is 0.220. The molecule has 10 heteroatoms. The third kappa shape index (κ3) is 3.33. The van der Waals surface area contributed by atoms with Gasteiger partial charge in [-0.2, -0.15) is 5.10 Å². The molecule has 164 valence electrons. The Hall–Kier alpha value is -2.75. The molecular formula is C21H24N4O5S. The van der Waals surface area contributed by atoms with Gasteiger partial charge in [-0.05, 0) is 69.3 Å². The number of nitrogens with zero attached hydrogens (tertiary/aromatic N) is 3. The number of ether oxygens (including phenoxy) is 1. The highest BCUT2D eigenvalue weighted by Crippen LogP contribution is 2.58. The number of amides is 1. The molecule has 31 heavy (non-hydrogen) atoms. The van der Waals surface area contributed by atoms with Crippen LogP contribution >= 0.6 is 11.3 Å². The fourth-order valence-electron chi connectivity index (χ4n) is 6.28. The molecule has 0 unspecified atom stereocenters. The number of thiophene rings is 1. The van der Waals surface area contributed by atoms with Gasteiger partial charge in [-0.1, -0.05) is 0 Å². The van der Waals surface area contributed by atoms with Crippen molar-refractivity contribution in [1.82, 2.24) is 9.78 Å². The van der Waals surface area contributed by atoms with Gasteiger partial charge in [-0.3, -0.25) is 19.6 Å². The SMILES string of the molecule is COC(=O)c1cc(C)sc1NC(=O)c1nn(C23CC4CC(CC(C4)C2)C3)cc1[N+](=O)[O-]. The highest BCUT2D eigenvalue weighted by molar-refractivity contribution is 7.16. The molecule has 4 aliphatic rings. The number of hydrogen-bond acceptors (Lipinski definition) is 7. The number of carbonyl (C=O) groups excluding carboxylic acids is 2. The van der Waals surface area contributed by atoms with Gasteiger partial charge in [0, 0.05) is 4.88 Å². The quantitative estimate of drug-likeness (QED) is 0.421. The van der Waals surface area contributed by atoms with Crippen LogP contribution in [0.1, 0.15) is 64.2 Å². The van der Waals surface area contributed by atoms with Gasteiger partial charge in [0.25, 0.3) is 5.91 Å². The Morgan fingerprint density at radius 2 is 1.87 bits per heavy atom. The molecule has 6 rings (SSSR count). The molecule has 0 spiro atoms. The van der Waals surface area contributed by atoms with Crippen LogP contribution in [0.2, 0.25) is 0 Å². The molecule has 4 fully saturated rings. The first-order valence-electron chi connectivity index (χ1n) is 10.5. The van der Waals surface area contributed by atoms with Crippen LogP contribution in [0.4, 0.5) is 10.7 Å². The zero-order valence-electron chi connectivity index (χ0n) is 17.4. The molecule has 2 aromatic rings.